The van der Waals surface area contributed by atoms with Crippen LogP contribution in [0.25, 0.3) is 0 Å². The number of likely N-dealkylation sites (N-methyl/N-ethyl adjacent to an activating group) is 1. The van der Waals surface area contributed by atoms with Gasteiger partial charge in [-0.05, 0) is 33.4 Å². The Kier molecular flexibility index (Phi) is 4.28. The van der Waals surface area contributed by atoms with Gasteiger partial charge in [-0.15, -0.1) is 0 Å². The standard InChI is InChI=1S/C14H27N3O/c1-4-7-12-15-10-13(18)17(12)11-14(16(2)3)8-5-6-9-14/h12,15H,4-11H2,1-3H3. The number of nitrogens with one attached hydrogen (secondary N) is 1. The second kappa shape index (κ2) is 5.57. The molecule has 1 N–H and O–H groups in total. The van der Waals surface area contributed by atoms with Crippen molar-refractivity contribution in [3.05, 3.63) is 0 Å². The van der Waals surface area contributed by atoms with Crippen molar-refractivity contribution in [1.82, 2.24) is 15.1 Å². The Hall–Kier alpha value is -0.610. The van der Waals surface area contributed by atoms with E-state index in [0.717, 1.165) is 19.4 Å². The van der Waals surface area contributed by atoms with Crippen molar-refractivity contribution < 1.29 is 4.79 Å². The molecule has 1 atom stereocenters. The Labute approximate surface area is 111 Å². The van der Waals surface area contributed by atoms with Gasteiger partial charge >= 0.3 is 0 Å². The van der Waals surface area contributed by atoms with Crippen LogP contribution < -0.4 is 5.32 Å². The lowest BCUT2D eigenvalue weighted by Crippen LogP contribution is -2.53. The zero-order valence-corrected chi connectivity index (χ0v) is 12.0. The number of rotatable bonds is 5. The average molecular weight is 253 g/mol. The summed E-state index contributed by atoms with van der Waals surface area (Å²) in [7, 11) is 4.32. The smallest absolute Gasteiger partial charge is 0.237 e. The molecule has 1 saturated carbocycles. The van der Waals surface area contributed by atoms with Crippen molar-refractivity contribution in [3.63, 3.8) is 0 Å². The third kappa shape index (κ3) is 2.54. The van der Waals surface area contributed by atoms with Gasteiger partial charge in [0.1, 0.15) is 0 Å². The van der Waals surface area contributed by atoms with Gasteiger partial charge in [-0.3, -0.25) is 10.1 Å². The Morgan fingerprint density at radius 3 is 2.61 bits per heavy atom. The minimum atomic E-state index is 0.216. The first-order chi connectivity index (χ1) is 8.59. The lowest BCUT2D eigenvalue weighted by atomic mass is 9.95. The van der Waals surface area contributed by atoms with Gasteiger partial charge in [0, 0.05) is 12.1 Å². The van der Waals surface area contributed by atoms with Gasteiger partial charge in [-0.25, -0.2) is 0 Å². The highest BCUT2D eigenvalue weighted by molar-refractivity contribution is 5.80. The number of hydrogen-bond acceptors (Lipinski definition) is 3. The molecule has 4 nitrogen and oxygen atoms in total. The van der Waals surface area contributed by atoms with Crippen molar-refractivity contribution in [3.8, 4) is 0 Å². The van der Waals surface area contributed by atoms with Gasteiger partial charge in [-0.2, -0.15) is 0 Å². The van der Waals surface area contributed by atoms with Gasteiger partial charge in [-0.1, -0.05) is 26.2 Å². The SMILES string of the molecule is CCCC1NCC(=O)N1CC1(N(C)C)CCCC1. The molecule has 1 heterocycles. The molecule has 0 radical (unpaired) electrons. The number of amides is 1. The van der Waals surface area contributed by atoms with Gasteiger partial charge in [0.2, 0.25) is 5.91 Å². The van der Waals surface area contributed by atoms with E-state index < -0.39 is 0 Å². The Morgan fingerprint density at radius 2 is 2.06 bits per heavy atom. The van der Waals surface area contributed by atoms with E-state index in [0.29, 0.717) is 6.54 Å². The zero-order chi connectivity index (χ0) is 13.2. The molecular formula is C14H27N3O. The number of nitrogens with zero attached hydrogens (tertiary/aromatic N) is 2. The third-order valence-electron chi connectivity index (χ3n) is 4.70. The summed E-state index contributed by atoms with van der Waals surface area (Å²) in [6, 6.07) is 0. The predicted octanol–water partition coefficient (Wildman–Crippen LogP) is 1.42. The molecule has 2 rings (SSSR count). The minimum Gasteiger partial charge on any atom is -0.324 e. The molecule has 0 aromatic carbocycles. The fourth-order valence-electron chi connectivity index (χ4n) is 3.42. The Morgan fingerprint density at radius 1 is 1.39 bits per heavy atom. The molecule has 104 valence electrons. The van der Waals surface area contributed by atoms with Crippen LogP contribution in [-0.4, -0.2) is 54.6 Å². The van der Waals surface area contributed by atoms with Crippen molar-refractivity contribution in [2.75, 3.05) is 27.2 Å². The third-order valence-corrected chi connectivity index (χ3v) is 4.70. The minimum absolute atomic E-state index is 0.216. The van der Waals surface area contributed by atoms with Gasteiger partial charge in [0.05, 0.1) is 12.7 Å². The van der Waals surface area contributed by atoms with Crippen molar-refractivity contribution >= 4 is 5.91 Å². The molecule has 1 amide bonds. The summed E-state index contributed by atoms with van der Waals surface area (Å²) in [5.41, 5.74) is 0.216. The van der Waals surface area contributed by atoms with E-state index in [-0.39, 0.29) is 17.6 Å². The summed E-state index contributed by atoms with van der Waals surface area (Å²) < 4.78 is 0. The molecule has 18 heavy (non-hydrogen) atoms. The summed E-state index contributed by atoms with van der Waals surface area (Å²) in [6.45, 7) is 3.60. The highest BCUT2D eigenvalue weighted by atomic mass is 16.2. The summed E-state index contributed by atoms with van der Waals surface area (Å²) in [4.78, 5) is 16.5. The number of hydrogen-bond donors (Lipinski definition) is 1. The van der Waals surface area contributed by atoms with E-state index in [9.17, 15) is 4.79 Å². The summed E-state index contributed by atoms with van der Waals surface area (Å²) in [5, 5.41) is 3.35. The average Bonchev–Trinajstić information content (AvgIpc) is 2.92. The van der Waals surface area contributed by atoms with Crippen LogP contribution in [0.2, 0.25) is 0 Å². The normalized spacial score (nSPS) is 27.4. The molecule has 1 saturated heterocycles. The van der Waals surface area contributed by atoms with E-state index in [1.165, 1.54) is 25.7 Å². The first-order valence-corrected chi connectivity index (χ1v) is 7.29. The van der Waals surface area contributed by atoms with Crippen LogP contribution >= 0.6 is 0 Å². The first-order valence-electron chi connectivity index (χ1n) is 7.29. The maximum absolute atomic E-state index is 12.1. The fraction of sp³-hybridized carbons (Fsp3) is 0.929. The van der Waals surface area contributed by atoms with E-state index >= 15 is 0 Å². The molecule has 0 aromatic heterocycles. The number of carbonyl (C=O) groups excluding carboxylic acids is 1. The predicted molar refractivity (Wildman–Crippen MR) is 73.3 cm³/mol. The van der Waals surface area contributed by atoms with Crippen LogP contribution in [0, 0.1) is 0 Å². The van der Waals surface area contributed by atoms with Crippen LogP contribution in [0.5, 0.6) is 0 Å². The van der Waals surface area contributed by atoms with Crippen molar-refractivity contribution in [2.45, 2.75) is 57.2 Å². The van der Waals surface area contributed by atoms with Gasteiger partial charge in [0.25, 0.3) is 0 Å². The molecule has 0 spiro atoms. The van der Waals surface area contributed by atoms with Crippen LogP contribution in [-0.2, 0) is 4.79 Å². The molecule has 1 unspecified atom stereocenters. The van der Waals surface area contributed by atoms with Crippen molar-refractivity contribution in [2.24, 2.45) is 0 Å². The molecule has 4 heteroatoms. The maximum atomic E-state index is 12.1. The van der Waals surface area contributed by atoms with E-state index in [2.05, 4.69) is 36.1 Å². The lowest BCUT2D eigenvalue weighted by Gasteiger charge is -2.41. The summed E-state index contributed by atoms with van der Waals surface area (Å²) in [5.74, 6) is 0.279. The highest BCUT2D eigenvalue weighted by Crippen LogP contribution is 2.35. The summed E-state index contributed by atoms with van der Waals surface area (Å²) >= 11 is 0. The first kappa shape index (κ1) is 13.8. The monoisotopic (exact) mass is 253 g/mol. The van der Waals surface area contributed by atoms with Crippen LogP contribution in [0.15, 0.2) is 0 Å². The van der Waals surface area contributed by atoms with Crippen molar-refractivity contribution in [1.29, 1.82) is 0 Å². The maximum Gasteiger partial charge on any atom is 0.237 e. The van der Waals surface area contributed by atoms with E-state index in [4.69, 9.17) is 0 Å². The molecular weight excluding hydrogens is 226 g/mol. The largest absolute Gasteiger partial charge is 0.324 e. The number of carbonyl (C=O) groups is 1. The van der Waals surface area contributed by atoms with Crippen LogP contribution in [0.4, 0.5) is 0 Å². The molecule has 2 fully saturated rings. The second-order valence-electron chi connectivity index (χ2n) is 6.03. The lowest BCUT2D eigenvalue weighted by molar-refractivity contribution is -0.129. The molecule has 1 aliphatic carbocycles. The van der Waals surface area contributed by atoms with Gasteiger partial charge < -0.3 is 9.80 Å². The summed E-state index contributed by atoms with van der Waals surface area (Å²) in [6.07, 6.45) is 7.50. The molecule has 2 aliphatic rings. The van der Waals surface area contributed by atoms with E-state index in [1.54, 1.807) is 0 Å². The Bertz CT molecular complexity index is 297. The van der Waals surface area contributed by atoms with Crippen LogP contribution in [0.1, 0.15) is 45.4 Å². The fourth-order valence-corrected chi connectivity index (χ4v) is 3.42. The second-order valence-corrected chi connectivity index (χ2v) is 6.03. The highest BCUT2D eigenvalue weighted by Gasteiger charge is 2.41. The zero-order valence-electron chi connectivity index (χ0n) is 12.0. The van der Waals surface area contributed by atoms with Crippen LogP contribution in [0.3, 0.4) is 0 Å². The van der Waals surface area contributed by atoms with E-state index in [1.807, 2.05) is 0 Å². The topological polar surface area (TPSA) is 35.6 Å². The van der Waals surface area contributed by atoms with Gasteiger partial charge in [0.15, 0.2) is 0 Å². The molecule has 0 aromatic rings. The quantitative estimate of drug-likeness (QED) is 0.805. The molecule has 0 bridgehead atoms. The Balaban J connectivity index is 2.07. The molecule has 1 aliphatic heterocycles.